The summed E-state index contributed by atoms with van der Waals surface area (Å²) in [7, 11) is 0. The summed E-state index contributed by atoms with van der Waals surface area (Å²) in [6.07, 6.45) is -4.51. The van der Waals surface area contributed by atoms with Crippen LogP contribution in [0.25, 0.3) is 0 Å². The molecule has 0 unspecified atom stereocenters. The van der Waals surface area contributed by atoms with Gasteiger partial charge in [0.25, 0.3) is 0 Å². The van der Waals surface area contributed by atoms with Crippen LogP contribution in [0.3, 0.4) is 0 Å². The highest BCUT2D eigenvalue weighted by Gasteiger charge is 2.32. The molecule has 2 N–H and O–H groups in total. The maximum atomic E-state index is 12.4. The molecule has 0 bridgehead atoms. The maximum absolute atomic E-state index is 12.4. The van der Waals surface area contributed by atoms with Gasteiger partial charge in [0.2, 0.25) is 0 Å². The first-order valence-electron chi connectivity index (χ1n) is 4.27. The van der Waals surface area contributed by atoms with Crippen molar-refractivity contribution < 1.29 is 13.2 Å². The third-order valence-electron chi connectivity index (χ3n) is 1.76. The van der Waals surface area contributed by atoms with Crippen LogP contribution in [-0.4, -0.2) is 0 Å². The van der Waals surface area contributed by atoms with Crippen molar-refractivity contribution in [2.45, 2.75) is 12.6 Å². The Morgan fingerprint density at radius 2 is 2.00 bits per heavy atom. The van der Waals surface area contributed by atoms with Gasteiger partial charge in [-0.15, -0.1) is 0 Å². The Bertz CT molecular complexity index is 487. The smallest absolute Gasteiger partial charge is 0.398 e. The number of nitrogen functional groups attached to an aromatic ring is 1. The summed E-state index contributed by atoms with van der Waals surface area (Å²) in [5, 5.41) is 8.22. The van der Waals surface area contributed by atoms with E-state index in [1.807, 2.05) is 0 Å². The Morgan fingerprint density at radius 1 is 1.31 bits per heavy atom. The Labute approximate surface area is 90.5 Å². The van der Waals surface area contributed by atoms with Gasteiger partial charge in [0, 0.05) is 11.3 Å². The van der Waals surface area contributed by atoms with Crippen molar-refractivity contribution in [3.63, 3.8) is 0 Å². The summed E-state index contributed by atoms with van der Waals surface area (Å²) in [5.74, 6) is 4.89. The Balaban J connectivity index is 3.11. The van der Waals surface area contributed by atoms with E-state index >= 15 is 0 Å². The zero-order valence-electron chi connectivity index (χ0n) is 8.10. The molecule has 82 valence electrons. The fourth-order valence-electron chi connectivity index (χ4n) is 1.07. The number of alkyl halides is 3. The van der Waals surface area contributed by atoms with E-state index in [2.05, 4.69) is 11.8 Å². The molecule has 5 heteroatoms. The minimum atomic E-state index is -4.49. The van der Waals surface area contributed by atoms with E-state index in [0.29, 0.717) is 0 Å². The summed E-state index contributed by atoms with van der Waals surface area (Å²) in [4.78, 5) is 0. The molecule has 1 rings (SSSR count). The van der Waals surface area contributed by atoms with Gasteiger partial charge < -0.3 is 5.73 Å². The molecule has 0 atom stereocenters. The molecule has 16 heavy (non-hydrogen) atoms. The minimum absolute atomic E-state index is 0.0221. The lowest BCUT2D eigenvalue weighted by Gasteiger charge is -2.09. The molecule has 0 aliphatic heterocycles. The number of nitrogens with two attached hydrogens (primary N) is 1. The lowest BCUT2D eigenvalue weighted by molar-refractivity contribution is -0.136. The van der Waals surface area contributed by atoms with Crippen LogP contribution in [0.15, 0.2) is 18.2 Å². The fourth-order valence-corrected chi connectivity index (χ4v) is 1.07. The first-order chi connectivity index (χ1) is 7.45. The predicted octanol–water partition coefficient (Wildman–Crippen LogP) is 2.55. The molecule has 1 aromatic carbocycles. The molecule has 0 heterocycles. The van der Waals surface area contributed by atoms with Crippen LogP contribution in [0, 0.1) is 23.2 Å². The molecule has 0 radical (unpaired) electrons. The minimum Gasteiger partial charge on any atom is -0.398 e. The predicted molar refractivity (Wildman–Crippen MR) is 53.0 cm³/mol. The summed E-state index contributed by atoms with van der Waals surface area (Å²) in [6, 6.07) is 5.18. The Hall–Kier alpha value is -2.14. The van der Waals surface area contributed by atoms with Crippen LogP contribution in [0.4, 0.5) is 18.9 Å². The lowest BCUT2D eigenvalue weighted by atomic mass is 10.1. The van der Waals surface area contributed by atoms with Crippen molar-refractivity contribution >= 4 is 5.69 Å². The standard InChI is InChI=1S/C11H7F3N2/c12-11(13,14)9-7-8(3-1-2-6-15)4-5-10(9)16/h4-5,7H,2,16H2. The molecule has 0 fully saturated rings. The average Bonchev–Trinajstić information content (AvgIpc) is 2.19. The van der Waals surface area contributed by atoms with Crippen LogP contribution in [0.2, 0.25) is 0 Å². The highest BCUT2D eigenvalue weighted by molar-refractivity contribution is 5.53. The lowest BCUT2D eigenvalue weighted by Crippen LogP contribution is -2.09. The second-order valence-electron chi connectivity index (χ2n) is 2.94. The van der Waals surface area contributed by atoms with Crippen molar-refractivity contribution in [3.8, 4) is 17.9 Å². The molecule has 0 aliphatic rings. The van der Waals surface area contributed by atoms with Crippen molar-refractivity contribution in [2.24, 2.45) is 0 Å². The van der Waals surface area contributed by atoms with Crippen molar-refractivity contribution in [3.05, 3.63) is 29.3 Å². The third kappa shape index (κ3) is 2.93. The number of hydrogen-bond donors (Lipinski definition) is 1. The number of hydrogen-bond acceptors (Lipinski definition) is 2. The molecule has 0 aromatic heterocycles. The number of halogens is 3. The van der Waals surface area contributed by atoms with Crippen molar-refractivity contribution in [2.75, 3.05) is 5.73 Å². The van der Waals surface area contributed by atoms with Gasteiger partial charge in [0.05, 0.1) is 18.1 Å². The van der Waals surface area contributed by atoms with E-state index < -0.39 is 11.7 Å². The molecule has 0 saturated carbocycles. The van der Waals surface area contributed by atoms with E-state index in [0.717, 1.165) is 12.1 Å². The Morgan fingerprint density at radius 3 is 2.56 bits per heavy atom. The van der Waals surface area contributed by atoms with Crippen molar-refractivity contribution in [1.82, 2.24) is 0 Å². The molecular weight excluding hydrogens is 217 g/mol. The van der Waals surface area contributed by atoms with E-state index in [9.17, 15) is 13.2 Å². The largest absolute Gasteiger partial charge is 0.418 e. The number of anilines is 1. The molecule has 0 spiro atoms. The van der Waals surface area contributed by atoms with E-state index in [4.69, 9.17) is 11.0 Å². The van der Waals surface area contributed by atoms with Crippen LogP contribution in [-0.2, 0) is 6.18 Å². The highest BCUT2D eigenvalue weighted by Crippen LogP contribution is 2.33. The molecule has 2 nitrogen and oxygen atoms in total. The second-order valence-corrected chi connectivity index (χ2v) is 2.94. The first kappa shape index (κ1) is 11.9. The van der Waals surface area contributed by atoms with E-state index in [-0.39, 0.29) is 17.7 Å². The monoisotopic (exact) mass is 224 g/mol. The molecular formula is C11H7F3N2. The number of nitrogens with zero attached hydrogens (tertiary/aromatic N) is 1. The van der Waals surface area contributed by atoms with Crippen molar-refractivity contribution in [1.29, 1.82) is 5.26 Å². The molecule has 1 aromatic rings. The van der Waals surface area contributed by atoms with Crippen LogP contribution >= 0.6 is 0 Å². The number of nitriles is 1. The van der Waals surface area contributed by atoms with Crippen LogP contribution in [0.5, 0.6) is 0 Å². The van der Waals surface area contributed by atoms with Crippen LogP contribution in [0.1, 0.15) is 17.5 Å². The summed E-state index contributed by atoms with van der Waals surface area (Å²) >= 11 is 0. The highest BCUT2D eigenvalue weighted by atomic mass is 19.4. The number of benzene rings is 1. The summed E-state index contributed by atoms with van der Waals surface area (Å²) < 4.78 is 37.3. The van der Waals surface area contributed by atoms with Gasteiger partial charge in [0.15, 0.2) is 0 Å². The second kappa shape index (κ2) is 4.59. The van der Waals surface area contributed by atoms with Gasteiger partial charge in [-0.25, -0.2) is 0 Å². The van der Waals surface area contributed by atoms with Gasteiger partial charge in [-0.3, -0.25) is 0 Å². The normalized spacial score (nSPS) is 10.1. The van der Waals surface area contributed by atoms with E-state index in [1.165, 1.54) is 6.07 Å². The first-order valence-corrected chi connectivity index (χ1v) is 4.27. The fraction of sp³-hybridized carbons (Fsp3) is 0.182. The quantitative estimate of drug-likeness (QED) is 0.543. The van der Waals surface area contributed by atoms with Crippen LogP contribution < -0.4 is 5.73 Å². The molecule has 0 aliphatic carbocycles. The molecule has 0 amide bonds. The maximum Gasteiger partial charge on any atom is 0.418 e. The van der Waals surface area contributed by atoms with Gasteiger partial charge >= 0.3 is 6.18 Å². The zero-order valence-corrected chi connectivity index (χ0v) is 8.10. The molecule has 0 saturated heterocycles. The average molecular weight is 224 g/mol. The van der Waals surface area contributed by atoms with Gasteiger partial charge in [-0.05, 0) is 18.2 Å². The van der Waals surface area contributed by atoms with E-state index in [1.54, 1.807) is 6.07 Å². The van der Waals surface area contributed by atoms with Gasteiger partial charge in [-0.1, -0.05) is 11.8 Å². The topological polar surface area (TPSA) is 49.8 Å². The zero-order chi connectivity index (χ0) is 12.2. The SMILES string of the molecule is N#CCC#Cc1ccc(N)c(C(F)(F)F)c1. The van der Waals surface area contributed by atoms with Gasteiger partial charge in [-0.2, -0.15) is 18.4 Å². The summed E-state index contributed by atoms with van der Waals surface area (Å²) in [5.41, 5.74) is 4.16. The van der Waals surface area contributed by atoms with Gasteiger partial charge in [0.1, 0.15) is 0 Å². The third-order valence-corrected chi connectivity index (χ3v) is 1.76. The number of rotatable bonds is 0. The summed E-state index contributed by atoms with van der Waals surface area (Å²) in [6.45, 7) is 0. The Kier molecular flexibility index (Phi) is 3.42.